The summed E-state index contributed by atoms with van der Waals surface area (Å²) in [5, 5.41) is 33.4. The number of anilines is 4. The van der Waals surface area contributed by atoms with Crippen molar-refractivity contribution in [2.45, 2.75) is 6.92 Å². The Kier molecular flexibility index (Phi) is 9.48. The quantitative estimate of drug-likeness (QED) is 0.193. The van der Waals surface area contributed by atoms with Crippen molar-refractivity contribution in [1.82, 2.24) is 19.7 Å². The predicted molar refractivity (Wildman–Crippen MR) is 115 cm³/mol. The second-order valence-corrected chi connectivity index (χ2v) is 7.03. The third kappa shape index (κ3) is 7.69. The molecule has 1 unspecified atom stereocenters. The van der Waals surface area contributed by atoms with E-state index >= 15 is 0 Å². The van der Waals surface area contributed by atoms with Crippen molar-refractivity contribution in [3.63, 3.8) is 0 Å². The number of carbonyl (C=O) groups is 1. The van der Waals surface area contributed by atoms with Gasteiger partial charge in [0.15, 0.2) is 0 Å². The minimum Gasteiger partial charge on any atom is -0.478 e. The maximum absolute atomic E-state index is 11.1. The van der Waals surface area contributed by atoms with Gasteiger partial charge in [-0.1, -0.05) is 0 Å². The second-order valence-electron chi connectivity index (χ2n) is 6.25. The Morgan fingerprint density at radius 2 is 1.84 bits per heavy atom. The van der Waals surface area contributed by atoms with Crippen LogP contribution in [0, 0.1) is 6.92 Å². The van der Waals surface area contributed by atoms with Crippen LogP contribution >= 0.6 is 0 Å². The fourth-order valence-corrected chi connectivity index (χ4v) is 2.83. The minimum atomic E-state index is -2.18. The maximum atomic E-state index is 11.1. The van der Waals surface area contributed by atoms with E-state index in [1.54, 1.807) is 17.9 Å². The van der Waals surface area contributed by atoms with E-state index in [0.29, 0.717) is 11.3 Å². The second kappa shape index (κ2) is 12.1. The zero-order chi connectivity index (χ0) is 22.8. The van der Waals surface area contributed by atoms with E-state index in [4.69, 9.17) is 14.8 Å². The number of aliphatic hydroxyl groups is 2. The van der Waals surface area contributed by atoms with Gasteiger partial charge in [0.25, 0.3) is 0 Å². The molecular formula is C17H25N7O6S. The van der Waals surface area contributed by atoms with Crippen LogP contribution in [0.4, 0.5) is 23.5 Å². The van der Waals surface area contributed by atoms with Gasteiger partial charge in [-0.25, -0.2) is 13.7 Å². The largest absolute Gasteiger partial charge is 0.478 e. The Balaban J connectivity index is 2.33. The summed E-state index contributed by atoms with van der Waals surface area (Å²) in [5.74, 6) is -0.525. The minimum absolute atomic E-state index is 0.132. The van der Waals surface area contributed by atoms with Gasteiger partial charge >= 0.3 is 5.97 Å². The average Bonchev–Trinajstić information content (AvgIpc) is 2.72. The number of nitrogens with zero attached hydrogens (tertiary/aromatic N) is 4. The lowest BCUT2D eigenvalue weighted by atomic mass is 10.1. The van der Waals surface area contributed by atoms with Crippen LogP contribution in [0.25, 0.3) is 0 Å². The zero-order valence-electron chi connectivity index (χ0n) is 16.8. The van der Waals surface area contributed by atoms with E-state index in [1.807, 2.05) is 0 Å². The molecule has 1 heterocycles. The van der Waals surface area contributed by atoms with Gasteiger partial charge in [-0.05, 0) is 30.7 Å². The third-order valence-electron chi connectivity index (χ3n) is 4.00. The summed E-state index contributed by atoms with van der Waals surface area (Å²) in [7, 11) is 0. The van der Waals surface area contributed by atoms with Gasteiger partial charge in [0.05, 0.1) is 18.8 Å². The molecule has 0 spiro atoms. The zero-order valence-corrected chi connectivity index (χ0v) is 17.6. The van der Waals surface area contributed by atoms with Crippen molar-refractivity contribution in [2.24, 2.45) is 0 Å². The first kappa shape index (κ1) is 24.4. The van der Waals surface area contributed by atoms with Crippen LogP contribution in [-0.4, -0.2) is 84.4 Å². The smallest absolute Gasteiger partial charge is 0.335 e. The molecule has 0 aliphatic rings. The summed E-state index contributed by atoms with van der Waals surface area (Å²) in [6, 6.07) is 4.55. The number of carboxylic acids is 1. The first-order chi connectivity index (χ1) is 14.8. The topological polar surface area (TPSA) is 193 Å². The number of carboxylic acid groups (broad SMARTS) is 1. The molecule has 0 saturated heterocycles. The first-order valence-electron chi connectivity index (χ1n) is 9.26. The van der Waals surface area contributed by atoms with Crippen LogP contribution in [0.5, 0.6) is 0 Å². The molecule has 0 bridgehead atoms. The van der Waals surface area contributed by atoms with Crippen molar-refractivity contribution in [3.05, 3.63) is 29.3 Å². The van der Waals surface area contributed by atoms with E-state index in [1.165, 1.54) is 12.1 Å². The lowest BCUT2D eigenvalue weighted by Gasteiger charge is -2.22. The maximum Gasteiger partial charge on any atom is 0.335 e. The first-order valence-corrected chi connectivity index (χ1v) is 10.4. The van der Waals surface area contributed by atoms with Crippen molar-refractivity contribution >= 4 is 40.8 Å². The van der Waals surface area contributed by atoms with Gasteiger partial charge in [0, 0.05) is 31.9 Å². The molecule has 7 N–H and O–H groups in total. The van der Waals surface area contributed by atoms with Gasteiger partial charge in [-0.15, -0.1) is 0 Å². The SMILES string of the molecule is Cc1cc(C(=O)O)ccc1Nc1nc(NCCO)nc(N(CCO)CCNS(=O)O)n1. The van der Waals surface area contributed by atoms with Crippen molar-refractivity contribution in [1.29, 1.82) is 0 Å². The van der Waals surface area contributed by atoms with Crippen molar-refractivity contribution < 1.29 is 28.9 Å². The fraction of sp³-hybridized carbons (Fsp3) is 0.412. The monoisotopic (exact) mass is 455 g/mol. The predicted octanol–water partition coefficient (Wildman–Crippen LogP) is -0.449. The van der Waals surface area contributed by atoms with Crippen LogP contribution in [0.15, 0.2) is 18.2 Å². The molecule has 0 aliphatic heterocycles. The Hall–Kier alpha value is -2.91. The lowest BCUT2D eigenvalue weighted by molar-refractivity contribution is 0.0696. The summed E-state index contributed by atoms with van der Waals surface area (Å²) in [4.78, 5) is 25.6. The van der Waals surface area contributed by atoms with Crippen LogP contribution in [0.2, 0.25) is 0 Å². The summed E-state index contributed by atoms with van der Waals surface area (Å²) in [6.45, 7) is 2.10. The highest BCUT2D eigenvalue weighted by Crippen LogP contribution is 2.22. The number of aromatic nitrogens is 3. The number of benzene rings is 1. The summed E-state index contributed by atoms with van der Waals surface area (Å²) < 4.78 is 22.0. The Labute approximate surface area is 181 Å². The molecule has 0 amide bonds. The van der Waals surface area contributed by atoms with Crippen LogP contribution in [0.3, 0.4) is 0 Å². The van der Waals surface area contributed by atoms with E-state index in [9.17, 15) is 14.1 Å². The number of nitrogens with one attached hydrogen (secondary N) is 3. The molecule has 13 nitrogen and oxygen atoms in total. The number of aliphatic hydroxyl groups excluding tert-OH is 2. The molecule has 14 heteroatoms. The Morgan fingerprint density at radius 1 is 1.10 bits per heavy atom. The van der Waals surface area contributed by atoms with Crippen molar-refractivity contribution in [2.75, 3.05) is 54.9 Å². The molecule has 0 fully saturated rings. The van der Waals surface area contributed by atoms with Crippen LogP contribution in [0.1, 0.15) is 15.9 Å². The number of rotatable bonds is 13. The van der Waals surface area contributed by atoms with Gasteiger partial charge in [0.2, 0.25) is 29.1 Å². The highest BCUT2D eigenvalue weighted by Gasteiger charge is 2.15. The van der Waals surface area contributed by atoms with Crippen LogP contribution < -0.4 is 20.3 Å². The number of aryl methyl sites for hydroxylation is 1. The van der Waals surface area contributed by atoms with Crippen molar-refractivity contribution in [3.8, 4) is 0 Å². The van der Waals surface area contributed by atoms with Gasteiger partial charge < -0.3 is 30.9 Å². The molecule has 2 rings (SSSR count). The molecule has 0 saturated carbocycles. The van der Waals surface area contributed by atoms with Gasteiger partial charge in [-0.2, -0.15) is 15.0 Å². The van der Waals surface area contributed by atoms with E-state index in [0.717, 1.165) is 0 Å². The van der Waals surface area contributed by atoms with E-state index in [-0.39, 0.29) is 62.8 Å². The standard InChI is InChI=1S/C17H25N7O6S/c1-11-10-12(14(27)28)2-3-13(11)20-16-21-15(18-5-8-25)22-17(23-16)24(7-9-26)6-4-19-31(29)30/h2-3,10,19,25-26H,4-9H2,1H3,(H,27,28)(H,29,30)(H2,18,20,21,22,23). The Bertz CT molecular complexity index is 917. The molecule has 1 atom stereocenters. The summed E-state index contributed by atoms with van der Waals surface area (Å²) in [5.41, 5.74) is 1.39. The number of hydrogen-bond donors (Lipinski definition) is 7. The van der Waals surface area contributed by atoms with E-state index < -0.39 is 17.2 Å². The normalized spacial score (nSPS) is 11.7. The highest BCUT2D eigenvalue weighted by atomic mass is 32.2. The molecule has 0 radical (unpaired) electrons. The summed E-state index contributed by atoms with van der Waals surface area (Å²) in [6.07, 6.45) is 0. The molecule has 1 aromatic heterocycles. The van der Waals surface area contributed by atoms with E-state index in [2.05, 4.69) is 30.3 Å². The highest BCUT2D eigenvalue weighted by molar-refractivity contribution is 7.77. The van der Waals surface area contributed by atoms with Gasteiger partial charge in [-0.3, -0.25) is 4.55 Å². The Morgan fingerprint density at radius 3 is 2.45 bits per heavy atom. The molecule has 170 valence electrons. The van der Waals surface area contributed by atoms with Crippen LogP contribution in [-0.2, 0) is 11.3 Å². The number of aromatic carboxylic acids is 1. The molecule has 0 aliphatic carbocycles. The average molecular weight is 455 g/mol. The molecular weight excluding hydrogens is 430 g/mol. The molecule has 31 heavy (non-hydrogen) atoms. The molecule has 1 aromatic carbocycles. The lowest BCUT2D eigenvalue weighted by Crippen LogP contribution is -2.36. The number of hydrogen-bond acceptors (Lipinski definition) is 10. The fourth-order valence-electron chi connectivity index (χ4n) is 2.57. The third-order valence-corrected chi connectivity index (χ3v) is 4.45. The summed E-state index contributed by atoms with van der Waals surface area (Å²) >= 11 is -2.18. The molecule has 2 aromatic rings. The van der Waals surface area contributed by atoms with Gasteiger partial charge in [0.1, 0.15) is 0 Å².